The van der Waals surface area contributed by atoms with Gasteiger partial charge in [0.15, 0.2) is 0 Å². The minimum atomic E-state index is -0.757. The largest absolute Gasteiger partial charge is 0.502 e. The number of carbonyl (C=O) groups is 2. The molecule has 1 heterocycles. The lowest BCUT2D eigenvalue weighted by molar-refractivity contribution is -0.385. The predicted molar refractivity (Wildman–Crippen MR) is 70.8 cm³/mol. The van der Waals surface area contributed by atoms with Gasteiger partial charge in [-0.25, -0.2) is 0 Å². The third-order valence-corrected chi connectivity index (χ3v) is 3.45. The maximum Gasteiger partial charge on any atom is 0.311 e. The van der Waals surface area contributed by atoms with Crippen LogP contribution in [0.25, 0.3) is 0 Å². The van der Waals surface area contributed by atoms with E-state index < -0.39 is 34.2 Å². The van der Waals surface area contributed by atoms with Gasteiger partial charge in [-0.2, -0.15) is 0 Å². The molecule has 0 aliphatic carbocycles. The topological polar surface area (TPSA) is 110 Å². The molecule has 0 bridgehead atoms. The molecule has 1 N–H and O–H groups in total. The zero-order valence-corrected chi connectivity index (χ0v) is 11.3. The predicted octanol–water partition coefficient (Wildman–Crippen LogP) is 0.935. The van der Waals surface area contributed by atoms with Crippen molar-refractivity contribution in [2.45, 2.75) is 6.42 Å². The van der Waals surface area contributed by atoms with Gasteiger partial charge in [0.1, 0.15) is 0 Å². The highest BCUT2D eigenvalue weighted by atomic mass is 16.6. The standard InChI is InChI=1S/C13H14N2O6/c1-21-13(18)8-5-6-14(7-8)12(17)9-3-2-4-10(11(9)16)15(19)20/h2-4,8,16H,5-7H2,1H3. The molecule has 8 heteroatoms. The van der Waals surface area contributed by atoms with Crippen LogP contribution in [0.15, 0.2) is 18.2 Å². The zero-order valence-electron chi connectivity index (χ0n) is 11.3. The molecule has 0 radical (unpaired) electrons. The van der Waals surface area contributed by atoms with Crippen molar-refractivity contribution in [1.82, 2.24) is 4.90 Å². The highest BCUT2D eigenvalue weighted by molar-refractivity contribution is 5.98. The molecule has 0 aromatic heterocycles. The summed E-state index contributed by atoms with van der Waals surface area (Å²) in [6.07, 6.45) is 0.466. The van der Waals surface area contributed by atoms with Crippen molar-refractivity contribution in [2.75, 3.05) is 20.2 Å². The lowest BCUT2D eigenvalue weighted by Gasteiger charge is -2.16. The second kappa shape index (κ2) is 5.78. The fraction of sp³-hybridized carbons (Fsp3) is 0.385. The zero-order chi connectivity index (χ0) is 15.6. The van der Waals surface area contributed by atoms with Crippen molar-refractivity contribution in [3.8, 4) is 5.75 Å². The van der Waals surface area contributed by atoms with Crippen LogP contribution in [0.1, 0.15) is 16.8 Å². The van der Waals surface area contributed by atoms with Gasteiger partial charge >= 0.3 is 11.7 Å². The number of ether oxygens (including phenoxy) is 1. The fourth-order valence-electron chi connectivity index (χ4n) is 2.33. The Morgan fingerprint density at radius 1 is 1.48 bits per heavy atom. The summed E-state index contributed by atoms with van der Waals surface area (Å²) < 4.78 is 4.63. The van der Waals surface area contributed by atoms with Crippen molar-refractivity contribution in [2.24, 2.45) is 5.92 Å². The second-order valence-electron chi connectivity index (χ2n) is 4.69. The molecule has 8 nitrogen and oxygen atoms in total. The molecule has 2 rings (SSSR count). The molecule has 21 heavy (non-hydrogen) atoms. The maximum atomic E-state index is 12.3. The van der Waals surface area contributed by atoms with Crippen molar-refractivity contribution in [1.29, 1.82) is 0 Å². The van der Waals surface area contributed by atoms with Crippen LogP contribution in [-0.2, 0) is 9.53 Å². The first-order chi connectivity index (χ1) is 9.95. The number of phenols is 1. The first-order valence-electron chi connectivity index (χ1n) is 6.29. The third-order valence-electron chi connectivity index (χ3n) is 3.45. The number of carbonyl (C=O) groups excluding carboxylic acids is 2. The van der Waals surface area contributed by atoms with Crippen LogP contribution < -0.4 is 0 Å². The first kappa shape index (κ1) is 14.8. The lowest BCUT2D eigenvalue weighted by atomic mass is 10.1. The summed E-state index contributed by atoms with van der Waals surface area (Å²) in [5.74, 6) is -2.00. The summed E-state index contributed by atoms with van der Waals surface area (Å²) in [5.41, 5.74) is -0.667. The van der Waals surface area contributed by atoms with Crippen LogP contribution in [-0.4, -0.2) is 47.0 Å². The Morgan fingerprint density at radius 3 is 2.81 bits per heavy atom. The number of nitro groups is 1. The van der Waals surface area contributed by atoms with Gasteiger partial charge in [-0.3, -0.25) is 19.7 Å². The van der Waals surface area contributed by atoms with E-state index in [0.29, 0.717) is 13.0 Å². The van der Waals surface area contributed by atoms with E-state index in [1.807, 2.05) is 0 Å². The van der Waals surface area contributed by atoms with Gasteiger partial charge in [0.25, 0.3) is 5.91 Å². The monoisotopic (exact) mass is 294 g/mol. The maximum absolute atomic E-state index is 12.3. The number of amides is 1. The number of phenolic OH excluding ortho intramolecular Hbond substituents is 1. The summed E-state index contributed by atoms with van der Waals surface area (Å²) in [5, 5.41) is 20.6. The number of para-hydroxylation sites is 1. The summed E-state index contributed by atoms with van der Waals surface area (Å²) >= 11 is 0. The van der Waals surface area contributed by atoms with Gasteiger partial charge in [-0.15, -0.1) is 0 Å². The molecule has 1 atom stereocenters. The average Bonchev–Trinajstić information content (AvgIpc) is 2.95. The van der Waals surface area contributed by atoms with Crippen molar-refractivity contribution >= 4 is 17.6 Å². The number of rotatable bonds is 3. The fourth-order valence-corrected chi connectivity index (χ4v) is 2.33. The van der Waals surface area contributed by atoms with E-state index in [0.717, 1.165) is 6.07 Å². The molecule has 1 aromatic carbocycles. The Labute approximate surface area is 120 Å². The van der Waals surface area contributed by atoms with Gasteiger partial charge < -0.3 is 14.7 Å². The number of nitro benzene ring substituents is 1. The SMILES string of the molecule is COC(=O)C1CCN(C(=O)c2cccc([N+](=O)[O-])c2O)C1. The molecule has 1 aromatic rings. The van der Waals surface area contributed by atoms with Gasteiger partial charge in [0, 0.05) is 19.2 Å². The Hall–Kier alpha value is -2.64. The quantitative estimate of drug-likeness (QED) is 0.504. The minimum Gasteiger partial charge on any atom is -0.502 e. The molecular weight excluding hydrogens is 280 g/mol. The van der Waals surface area contributed by atoms with Crippen LogP contribution in [0, 0.1) is 16.0 Å². The number of benzene rings is 1. The Balaban J connectivity index is 2.20. The molecule has 1 amide bonds. The molecule has 0 spiro atoms. The van der Waals surface area contributed by atoms with E-state index in [1.54, 1.807) is 0 Å². The van der Waals surface area contributed by atoms with Crippen LogP contribution in [0.2, 0.25) is 0 Å². The highest BCUT2D eigenvalue weighted by Crippen LogP contribution is 2.31. The van der Waals surface area contributed by atoms with Crippen molar-refractivity contribution in [3.63, 3.8) is 0 Å². The highest BCUT2D eigenvalue weighted by Gasteiger charge is 2.33. The smallest absolute Gasteiger partial charge is 0.311 e. The normalized spacial score (nSPS) is 17.6. The van der Waals surface area contributed by atoms with E-state index in [4.69, 9.17) is 0 Å². The van der Waals surface area contributed by atoms with E-state index in [1.165, 1.54) is 24.1 Å². The molecule has 1 saturated heterocycles. The van der Waals surface area contributed by atoms with E-state index in [2.05, 4.69) is 4.74 Å². The Morgan fingerprint density at radius 2 is 2.19 bits per heavy atom. The van der Waals surface area contributed by atoms with Crippen LogP contribution >= 0.6 is 0 Å². The number of hydrogen-bond acceptors (Lipinski definition) is 6. The number of hydrogen-bond donors (Lipinski definition) is 1. The Bertz CT molecular complexity index is 600. The third kappa shape index (κ3) is 2.78. The van der Waals surface area contributed by atoms with E-state index >= 15 is 0 Å². The van der Waals surface area contributed by atoms with Crippen LogP contribution in [0.5, 0.6) is 5.75 Å². The number of likely N-dealkylation sites (tertiary alicyclic amines) is 1. The van der Waals surface area contributed by atoms with Crippen LogP contribution in [0.3, 0.4) is 0 Å². The summed E-state index contributed by atoms with van der Waals surface area (Å²) in [4.78, 5) is 35.1. The minimum absolute atomic E-state index is 0.144. The average molecular weight is 294 g/mol. The number of aromatic hydroxyl groups is 1. The number of esters is 1. The van der Waals surface area contributed by atoms with E-state index in [-0.39, 0.29) is 12.1 Å². The van der Waals surface area contributed by atoms with Gasteiger partial charge in [0.05, 0.1) is 23.5 Å². The summed E-state index contributed by atoms with van der Waals surface area (Å²) in [7, 11) is 1.28. The van der Waals surface area contributed by atoms with Gasteiger partial charge in [0.2, 0.25) is 5.75 Å². The second-order valence-corrected chi connectivity index (χ2v) is 4.69. The number of nitrogens with zero attached hydrogens (tertiary/aromatic N) is 2. The molecule has 1 aliphatic heterocycles. The molecule has 1 fully saturated rings. The molecular formula is C13H14N2O6. The Kier molecular flexibility index (Phi) is 4.06. The van der Waals surface area contributed by atoms with Crippen molar-refractivity contribution in [3.05, 3.63) is 33.9 Å². The summed E-state index contributed by atoms with van der Waals surface area (Å²) in [6, 6.07) is 3.77. The van der Waals surface area contributed by atoms with E-state index in [9.17, 15) is 24.8 Å². The number of methoxy groups -OCH3 is 1. The van der Waals surface area contributed by atoms with Crippen molar-refractivity contribution < 1.29 is 24.4 Å². The first-order valence-corrected chi connectivity index (χ1v) is 6.29. The summed E-state index contributed by atoms with van der Waals surface area (Å²) in [6.45, 7) is 0.508. The molecule has 112 valence electrons. The molecule has 1 aliphatic rings. The van der Waals surface area contributed by atoms with Crippen LogP contribution in [0.4, 0.5) is 5.69 Å². The van der Waals surface area contributed by atoms with Gasteiger partial charge in [-0.05, 0) is 12.5 Å². The molecule has 1 unspecified atom stereocenters. The van der Waals surface area contributed by atoms with Gasteiger partial charge in [-0.1, -0.05) is 6.07 Å². The molecule has 0 saturated carbocycles. The lowest BCUT2D eigenvalue weighted by Crippen LogP contribution is -2.30.